The first-order valence-electron chi connectivity index (χ1n) is 6.88. The smallest absolute Gasteiger partial charge is 0.419 e. The molecular weight excluding hydrogens is 305 g/mol. The second-order valence-corrected chi connectivity index (χ2v) is 5.88. The fourth-order valence-electron chi connectivity index (χ4n) is 2.11. The maximum absolute atomic E-state index is 14.2. The van der Waals surface area contributed by atoms with Gasteiger partial charge in [0.2, 0.25) is 0 Å². The molecule has 0 aliphatic rings. The van der Waals surface area contributed by atoms with E-state index in [1.54, 1.807) is 20.8 Å². The Balaban J connectivity index is 2.74. The molecule has 0 spiro atoms. The molecule has 1 aromatic carbocycles. The van der Waals surface area contributed by atoms with E-state index in [0.717, 1.165) is 4.57 Å². The fraction of sp³-hybridized carbons (Fsp3) is 0.375. The van der Waals surface area contributed by atoms with Gasteiger partial charge >= 0.3 is 12.1 Å². The molecule has 1 heterocycles. The van der Waals surface area contributed by atoms with Gasteiger partial charge in [-0.05, 0) is 26.8 Å². The van der Waals surface area contributed by atoms with E-state index in [-0.39, 0.29) is 22.3 Å². The van der Waals surface area contributed by atoms with Crippen LogP contribution in [0.25, 0.3) is 10.9 Å². The van der Waals surface area contributed by atoms with E-state index in [1.807, 2.05) is 0 Å². The van der Waals surface area contributed by atoms with Gasteiger partial charge in [0.25, 0.3) is 0 Å². The molecule has 0 aliphatic carbocycles. The molecule has 0 aliphatic heterocycles. The predicted molar refractivity (Wildman–Crippen MR) is 81.4 cm³/mol. The number of fused-ring (bicyclic) bond motifs is 1. The zero-order valence-corrected chi connectivity index (χ0v) is 13.6. The number of hydrogen-bond acceptors (Lipinski definition) is 5. The minimum Gasteiger partial charge on any atom is -0.497 e. The first kappa shape index (κ1) is 16.8. The van der Waals surface area contributed by atoms with Crippen molar-refractivity contribution in [1.29, 1.82) is 0 Å². The average molecular weight is 323 g/mol. The Labute approximate surface area is 132 Å². The molecule has 6 nitrogen and oxygen atoms in total. The number of benzene rings is 1. The lowest BCUT2D eigenvalue weighted by molar-refractivity contribution is 0.0489. The van der Waals surface area contributed by atoms with Crippen molar-refractivity contribution in [2.45, 2.75) is 26.4 Å². The fourth-order valence-corrected chi connectivity index (χ4v) is 2.11. The molecule has 0 saturated carbocycles. The zero-order valence-electron chi connectivity index (χ0n) is 13.6. The molecule has 0 amide bonds. The van der Waals surface area contributed by atoms with Crippen molar-refractivity contribution in [3.05, 3.63) is 29.7 Å². The lowest BCUT2D eigenvalue weighted by Crippen LogP contribution is -2.29. The Hall–Kier alpha value is -2.57. The molecule has 0 saturated heterocycles. The molecule has 0 bridgehead atoms. The third-order valence-electron chi connectivity index (χ3n) is 3.05. The van der Waals surface area contributed by atoms with Crippen LogP contribution in [0.3, 0.4) is 0 Å². The number of halogens is 1. The highest BCUT2D eigenvalue weighted by molar-refractivity contribution is 6.02. The van der Waals surface area contributed by atoms with Gasteiger partial charge in [0.05, 0.1) is 19.7 Å². The Morgan fingerprint density at radius 3 is 2.30 bits per heavy atom. The van der Waals surface area contributed by atoms with Crippen LogP contribution in [0.1, 0.15) is 31.3 Å². The van der Waals surface area contributed by atoms with Crippen LogP contribution in [0.5, 0.6) is 5.75 Å². The van der Waals surface area contributed by atoms with Crippen molar-refractivity contribution >= 4 is 23.0 Å². The molecule has 0 atom stereocenters. The number of methoxy groups -OCH3 is 2. The standard InChI is InChI=1S/C16H18FNO5/c1-16(2,3)23-15(20)18-12-7-9(21-4)6-11(17)10(12)8-13(18)14(19)22-5/h6-8H,1-5H3. The molecule has 0 fully saturated rings. The van der Waals surface area contributed by atoms with Crippen LogP contribution in [-0.2, 0) is 9.47 Å². The first-order valence-corrected chi connectivity index (χ1v) is 6.88. The van der Waals surface area contributed by atoms with E-state index in [0.29, 0.717) is 0 Å². The van der Waals surface area contributed by atoms with Gasteiger partial charge in [-0.15, -0.1) is 0 Å². The monoisotopic (exact) mass is 323 g/mol. The summed E-state index contributed by atoms with van der Waals surface area (Å²) in [6.45, 7) is 5.07. The minimum atomic E-state index is -0.805. The van der Waals surface area contributed by atoms with Crippen LogP contribution in [0, 0.1) is 5.82 Å². The summed E-state index contributed by atoms with van der Waals surface area (Å²) in [5.74, 6) is -1.17. The van der Waals surface area contributed by atoms with Gasteiger partial charge in [-0.25, -0.2) is 18.5 Å². The highest BCUT2D eigenvalue weighted by Crippen LogP contribution is 2.29. The highest BCUT2D eigenvalue weighted by atomic mass is 19.1. The van der Waals surface area contributed by atoms with Crippen LogP contribution < -0.4 is 4.74 Å². The topological polar surface area (TPSA) is 66.8 Å². The molecule has 0 radical (unpaired) electrons. The van der Waals surface area contributed by atoms with Gasteiger partial charge < -0.3 is 14.2 Å². The Morgan fingerprint density at radius 2 is 1.78 bits per heavy atom. The Morgan fingerprint density at radius 1 is 1.13 bits per heavy atom. The highest BCUT2D eigenvalue weighted by Gasteiger charge is 2.27. The van der Waals surface area contributed by atoms with Crippen LogP contribution in [-0.4, -0.2) is 36.5 Å². The summed E-state index contributed by atoms with van der Waals surface area (Å²) in [7, 11) is 2.55. The van der Waals surface area contributed by atoms with Gasteiger partial charge in [-0.1, -0.05) is 0 Å². The van der Waals surface area contributed by atoms with Crippen LogP contribution in [0.2, 0.25) is 0 Å². The molecule has 2 aromatic rings. The van der Waals surface area contributed by atoms with Crippen molar-refractivity contribution < 1.29 is 28.2 Å². The van der Waals surface area contributed by atoms with Gasteiger partial charge in [0.15, 0.2) is 0 Å². The molecule has 2 rings (SSSR count). The van der Waals surface area contributed by atoms with Gasteiger partial charge in [0, 0.05) is 17.5 Å². The summed E-state index contributed by atoms with van der Waals surface area (Å²) < 4.78 is 30.1. The van der Waals surface area contributed by atoms with Crippen molar-refractivity contribution in [1.82, 2.24) is 4.57 Å². The summed E-state index contributed by atoms with van der Waals surface area (Å²) in [6.07, 6.45) is -0.805. The van der Waals surface area contributed by atoms with Crippen molar-refractivity contribution in [2.24, 2.45) is 0 Å². The van der Waals surface area contributed by atoms with E-state index in [2.05, 4.69) is 4.74 Å². The number of rotatable bonds is 2. The molecule has 7 heteroatoms. The number of carbonyl (C=O) groups excluding carboxylic acids is 2. The van der Waals surface area contributed by atoms with Crippen molar-refractivity contribution in [3.63, 3.8) is 0 Å². The number of aromatic nitrogens is 1. The Kier molecular flexibility index (Phi) is 4.31. The predicted octanol–water partition coefficient (Wildman–Crippen LogP) is 3.36. The van der Waals surface area contributed by atoms with Crippen LogP contribution >= 0.6 is 0 Å². The minimum absolute atomic E-state index is 0.0945. The van der Waals surface area contributed by atoms with E-state index in [1.165, 1.54) is 32.4 Å². The number of hydrogen-bond donors (Lipinski definition) is 0. The quantitative estimate of drug-likeness (QED) is 0.793. The summed E-state index contributed by atoms with van der Waals surface area (Å²) in [4.78, 5) is 24.4. The maximum Gasteiger partial charge on any atom is 0.419 e. The van der Waals surface area contributed by atoms with E-state index >= 15 is 0 Å². The van der Waals surface area contributed by atoms with E-state index in [4.69, 9.17) is 9.47 Å². The molecular formula is C16H18FNO5. The number of ether oxygens (including phenoxy) is 3. The normalized spacial score (nSPS) is 11.4. The van der Waals surface area contributed by atoms with E-state index in [9.17, 15) is 14.0 Å². The second-order valence-electron chi connectivity index (χ2n) is 5.88. The summed E-state index contributed by atoms with van der Waals surface area (Å²) in [5, 5.41) is 0.0945. The summed E-state index contributed by atoms with van der Waals surface area (Å²) >= 11 is 0. The SMILES string of the molecule is COC(=O)c1cc2c(F)cc(OC)cc2n1C(=O)OC(C)(C)C. The van der Waals surface area contributed by atoms with Gasteiger partial charge in [-0.2, -0.15) is 0 Å². The molecule has 0 N–H and O–H groups in total. The maximum atomic E-state index is 14.2. The van der Waals surface area contributed by atoms with Crippen LogP contribution in [0.4, 0.5) is 9.18 Å². The second kappa shape index (κ2) is 5.91. The average Bonchev–Trinajstić information content (AvgIpc) is 2.84. The Bertz CT molecular complexity index is 773. The number of esters is 1. The van der Waals surface area contributed by atoms with Gasteiger partial charge in [-0.3, -0.25) is 0 Å². The third-order valence-corrected chi connectivity index (χ3v) is 3.05. The molecule has 124 valence electrons. The van der Waals surface area contributed by atoms with E-state index < -0.39 is 23.5 Å². The van der Waals surface area contributed by atoms with Crippen LogP contribution in [0.15, 0.2) is 18.2 Å². The van der Waals surface area contributed by atoms with Crippen molar-refractivity contribution in [2.75, 3.05) is 14.2 Å². The lowest BCUT2D eigenvalue weighted by Gasteiger charge is -2.20. The largest absolute Gasteiger partial charge is 0.497 e. The zero-order chi connectivity index (χ0) is 17.4. The molecule has 1 aromatic heterocycles. The lowest BCUT2D eigenvalue weighted by atomic mass is 10.2. The third kappa shape index (κ3) is 3.28. The first-order chi connectivity index (χ1) is 10.7. The summed E-state index contributed by atoms with van der Waals surface area (Å²) in [6, 6.07) is 3.87. The number of nitrogens with zero attached hydrogens (tertiary/aromatic N) is 1. The molecule has 0 unspecified atom stereocenters. The van der Waals surface area contributed by atoms with Gasteiger partial charge in [0.1, 0.15) is 22.9 Å². The molecule has 23 heavy (non-hydrogen) atoms. The summed E-state index contributed by atoms with van der Waals surface area (Å²) in [5.41, 5.74) is -0.737. The van der Waals surface area contributed by atoms with Crippen molar-refractivity contribution in [3.8, 4) is 5.75 Å². The number of carbonyl (C=O) groups is 2.